The summed E-state index contributed by atoms with van der Waals surface area (Å²) >= 11 is 0. The molecule has 0 heterocycles. The molecule has 0 radical (unpaired) electrons. The van der Waals surface area contributed by atoms with Gasteiger partial charge in [-0.1, -0.05) is 48.6 Å². The zero-order valence-electron chi connectivity index (χ0n) is 16.6. The molecule has 0 amide bonds. The molecule has 12 nitrogen and oxygen atoms in total. The smallest absolute Gasteiger partial charge is 0.222 e. The van der Waals surface area contributed by atoms with Gasteiger partial charge in [0.05, 0.1) is 0 Å². The van der Waals surface area contributed by atoms with E-state index in [9.17, 15) is 0 Å². The minimum atomic E-state index is -4.94. The van der Waals surface area contributed by atoms with E-state index in [0.717, 1.165) is 0 Å². The maximum absolute atomic E-state index is 8.49. The van der Waals surface area contributed by atoms with Gasteiger partial charge in [-0.05, 0) is 51.4 Å². The molecule has 0 unspecified atom stereocenters. The summed E-state index contributed by atoms with van der Waals surface area (Å²) in [5.74, 6) is 0. The molecule has 0 N–H and O–H groups in total. The van der Waals surface area contributed by atoms with Crippen LogP contribution in [-0.2, 0) is 19.5 Å². The fourth-order valence-corrected chi connectivity index (χ4v) is 1.71. The molecule has 0 saturated heterocycles. The average Bonchev–Trinajstić information content (AvgIpc) is 2.40. The molecule has 0 atom stereocenters. The summed E-state index contributed by atoms with van der Waals surface area (Å²) in [4.78, 5) is 0. The molecule has 190 valence electrons. The van der Waals surface area contributed by atoms with Gasteiger partial charge in [-0.2, -0.15) is 0 Å². The van der Waals surface area contributed by atoms with Crippen molar-refractivity contribution in [3.05, 3.63) is 48.6 Å². The first-order valence-electron chi connectivity index (χ1n) is 8.45. The normalized spacial score (nSPS) is 15.6. The molecule has 2 aliphatic carbocycles. The van der Waals surface area contributed by atoms with Crippen LogP contribution in [0.2, 0.25) is 0 Å². The summed E-state index contributed by atoms with van der Waals surface area (Å²) in [7, 11) is -14.8. The second kappa shape index (κ2) is 24.1. The topological polar surface area (TPSA) is 277 Å². The molecule has 0 aromatic carbocycles. The molecule has 0 aromatic rings. The van der Waals surface area contributed by atoms with Crippen molar-refractivity contribution in [1.29, 1.82) is 0 Å². The van der Waals surface area contributed by atoms with Gasteiger partial charge in [0.25, 0.3) is 0 Å². The molecule has 2 aliphatic rings. The van der Waals surface area contributed by atoms with E-state index in [4.69, 9.17) is 55.9 Å². The van der Waals surface area contributed by atoms with Crippen molar-refractivity contribution in [1.82, 2.24) is 0 Å². The van der Waals surface area contributed by atoms with Crippen LogP contribution in [0.3, 0.4) is 0 Å². The first-order chi connectivity index (χ1) is 14.0. The Morgan fingerprint density at radius 3 is 0.406 bits per heavy atom. The van der Waals surface area contributed by atoms with Gasteiger partial charge in [-0.3, -0.25) is 0 Å². The van der Waals surface area contributed by atoms with Crippen LogP contribution >= 0.6 is 0 Å². The van der Waals surface area contributed by atoms with Crippen molar-refractivity contribution >= 4 is 0 Å². The summed E-state index contributed by atoms with van der Waals surface area (Å²) in [5.41, 5.74) is 0. The molecular weight excluding hydrogens is 593 g/mol. The monoisotopic (exact) mass is 616 g/mol. The van der Waals surface area contributed by atoms with Crippen molar-refractivity contribution in [3.8, 4) is 0 Å². The van der Waals surface area contributed by atoms with Gasteiger partial charge in [0, 0.05) is 0 Å². The molecule has 0 saturated carbocycles. The predicted octanol–water partition coefficient (Wildman–Crippen LogP) is -8.92. The van der Waals surface area contributed by atoms with E-state index in [0.29, 0.717) is 0 Å². The third kappa shape index (κ3) is 98.6. The molecule has 0 bridgehead atoms. The zero-order chi connectivity index (χ0) is 24.8. The van der Waals surface area contributed by atoms with E-state index < -0.39 is 30.7 Å². The standard InChI is InChI=1S/2C8H12.3ClHO4.Rh/c2*1-2-4-6-8-7-5-3-1;3*2-1(3,4)5;/h2*1-2,7-8H,3-6H2;3*(H,2,3,4,5);/q;;;;;+3/p-3. The second-order valence-electron chi connectivity index (χ2n) is 5.33. The van der Waals surface area contributed by atoms with Crippen LogP contribution in [0.1, 0.15) is 51.4 Å². The maximum atomic E-state index is 8.49. The molecule has 0 fully saturated rings. The first-order valence-corrected chi connectivity index (χ1v) is 12.2. The van der Waals surface area contributed by atoms with Crippen LogP contribution in [0.15, 0.2) is 48.6 Å². The number of hydrogen-bond acceptors (Lipinski definition) is 12. The van der Waals surface area contributed by atoms with Gasteiger partial charge >= 0.3 is 19.5 Å². The molecule has 2 rings (SSSR count). The van der Waals surface area contributed by atoms with Crippen LogP contribution in [0, 0.1) is 30.7 Å². The van der Waals surface area contributed by atoms with Crippen molar-refractivity contribution < 1.29 is 106 Å². The quantitative estimate of drug-likeness (QED) is 0.181. The van der Waals surface area contributed by atoms with Gasteiger partial charge in [0.2, 0.25) is 0 Å². The van der Waals surface area contributed by atoms with E-state index in [1.165, 1.54) is 51.4 Å². The van der Waals surface area contributed by atoms with Gasteiger partial charge in [-0.25, -0.2) is 55.9 Å². The molecule has 0 aliphatic heterocycles. The maximum Gasteiger partial charge on any atom is 3.00 e. The Morgan fingerprint density at radius 1 is 0.281 bits per heavy atom. The van der Waals surface area contributed by atoms with Crippen molar-refractivity contribution in [2.75, 3.05) is 0 Å². The van der Waals surface area contributed by atoms with E-state index in [-0.39, 0.29) is 19.5 Å². The van der Waals surface area contributed by atoms with E-state index in [1.54, 1.807) is 0 Å². The van der Waals surface area contributed by atoms with Crippen molar-refractivity contribution in [2.24, 2.45) is 0 Å². The Morgan fingerprint density at radius 2 is 0.344 bits per heavy atom. The minimum Gasteiger partial charge on any atom is -0.222 e. The Balaban J connectivity index is -0.000000156. The SMILES string of the molecule is C1=CCCC=CCC1.C1=CCCC=CCC1.[O-][Cl+3]([O-])([O-])[O-].[O-][Cl+3]([O-])([O-])[O-].[O-][Cl+3]([O-])([O-])[O-].[Rh+3]. The summed E-state index contributed by atoms with van der Waals surface area (Å²) in [5, 5.41) is 0. The molecule has 0 spiro atoms. The minimum absolute atomic E-state index is 0. The van der Waals surface area contributed by atoms with Gasteiger partial charge in [-0.15, -0.1) is 30.7 Å². The van der Waals surface area contributed by atoms with Crippen LogP contribution in [0.4, 0.5) is 0 Å². The third-order valence-electron chi connectivity index (χ3n) is 2.67. The van der Waals surface area contributed by atoms with Crippen LogP contribution in [0.5, 0.6) is 0 Å². The Kier molecular flexibility index (Phi) is 29.5. The number of allylic oxidation sites excluding steroid dienone is 8. The Hall–Kier alpha value is -0.0266. The van der Waals surface area contributed by atoms with E-state index in [1.807, 2.05) is 0 Å². The molecule has 32 heavy (non-hydrogen) atoms. The summed E-state index contributed by atoms with van der Waals surface area (Å²) in [6, 6.07) is 0. The Labute approximate surface area is 205 Å². The predicted molar refractivity (Wildman–Crippen MR) is 73.5 cm³/mol. The summed E-state index contributed by atoms with van der Waals surface area (Å²) in [6.45, 7) is 0. The summed E-state index contributed by atoms with van der Waals surface area (Å²) < 4.78 is 102. The number of halogens is 3. The zero-order valence-corrected chi connectivity index (χ0v) is 20.5. The van der Waals surface area contributed by atoms with Crippen LogP contribution < -0.4 is 55.9 Å². The third-order valence-corrected chi connectivity index (χ3v) is 2.67. The summed E-state index contributed by atoms with van der Waals surface area (Å²) in [6.07, 6.45) is 28.0. The van der Waals surface area contributed by atoms with Gasteiger partial charge in [0.1, 0.15) is 0 Å². The first kappa shape index (κ1) is 39.2. The van der Waals surface area contributed by atoms with Crippen molar-refractivity contribution in [3.63, 3.8) is 0 Å². The van der Waals surface area contributed by atoms with Crippen LogP contribution in [-0.4, -0.2) is 0 Å². The molecule has 0 aromatic heterocycles. The van der Waals surface area contributed by atoms with Gasteiger partial charge < -0.3 is 0 Å². The fourth-order valence-electron chi connectivity index (χ4n) is 1.71. The Bertz CT molecular complexity index is 385. The van der Waals surface area contributed by atoms with Gasteiger partial charge in [0.15, 0.2) is 0 Å². The fraction of sp³-hybridized carbons (Fsp3) is 0.500. The van der Waals surface area contributed by atoms with E-state index in [2.05, 4.69) is 48.6 Å². The second-order valence-corrected chi connectivity index (χ2v) is 7.60. The number of hydrogen-bond donors (Lipinski definition) is 0. The van der Waals surface area contributed by atoms with E-state index >= 15 is 0 Å². The molecule has 16 heteroatoms. The number of rotatable bonds is 0. The average molecular weight is 618 g/mol. The molecular formula is C16H24Cl3O12Rh. The van der Waals surface area contributed by atoms with Crippen molar-refractivity contribution in [2.45, 2.75) is 51.4 Å². The largest absolute Gasteiger partial charge is 3.00 e. The van der Waals surface area contributed by atoms with Crippen LogP contribution in [0.25, 0.3) is 0 Å².